The van der Waals surface area contributed by atoms with Gasteiger partial charge in [0.2, 0.25) is 0 Å². The number of nitrogens with two attached hydrogens (primary N) is 1. The molecule has 2 rings (SSSR count). The Kier molecular flexibility index (Phi) is 4.89. The second-order valence-corrected chi connectivity index (χ2v) is 6.46. The highest BCUT2D eigenvalue weighted by Gasteiger charge is 2.15. The van der Waals surface area contributed by atoms with Crippen molar-refractivity contribution in [3.8, 4) is 0 Å². The Morgan fingerprint density at radius 1 is 1.44 bits per heavy atom. The van der Waals surface area contributed by atoms with Crippen molar-refractivity contribution in [1.82, 2.24) is 0 Å². The second-order valence-electron chi connectivity index (χ2n) is 4.80. The van der Waals surface area contributed by atoms with Gasteiger partial charge in [0.15, 0.2) is 0 Å². The number of hydrogen-bond acceptors (Lipinski definition) is 3. The summed E-state index contributed by atoms with van der Waals surface area (Å²) in [4.78, 5) is 0.473. The van der Waals surface area contributed by atoms with E-state index < -0.39 is 0 Å². The summed E-state index contributed by atoms with van der Waals surface area (Å²) in [5.41, 5.74) is 9.08. The first-order valence-corrected chi connectivity index (χ1v) is 7.96. The fourth-order valence-electron chi connectivity index (χ4n) is 2.30. The molecule has 1 aromatic carbocycles. The maximum atomic E-state index is 5.78. The molecule has 0 radical (unpaired) electrons. The zero-order chi connectivity index (χ0) is 13.0. The molecule has 2 nitrogen and oxygen atoms in total. The van der Waals surface area contributed by atoms with Crippen molar-refractivity contribution in [2.45, 2.75) is 19.8 Å². The lowest BCUT2D eigenvalue weighted by molar-refractivity contribution is 0.516. The van der Waals surface area contributed by atoms with Crippen LogP contribution in [0.15, 0.2) is 18.2 Å². The van der Waals surface area contributed by atoms with Crippen molar-refractivity contribution in [3.05, 3.63) is 29.3 Å². The van der Waals surface area contributed by atoms with E-state index in [-0.39, 0.29) is 0 Å². The molecule has 18 heavy (non-hydrogen) atoms. The average molecular weight is 280 g/mol. The molecule has 0 aliphatic carbocycles. The summed E-state index contributed by atoms with van der Waals surface area (Å²) in [5, 5.41) is 3.56. The van der Waals surface area contributed by atoms with E-state index in [1.54, 1.807) is 0 Å². The highest BCUT2D eigenvalue weighted by atomic mass is 32.2. The maximum absolute atomic E-state index is 5.78. The fraction of sp³-hybridized carbons (Fsp3) is 0.500. The molecule has 1 aliphatic heterocycles. The van der Waals surface area contributed by atoms with E-state index in [0.29, 0.717) is 4.99 Å². The lowest BCUT2D eigenvalue weighted by Crippen LogP contribution is -2.21. The first-order valence-electron chi connectivity index (χ1n) is 6.39. The molecule has 1 fully saturated rings. The number of aryl methyl sites for hydroxylation is 1. The predicted molar refractivity (Wildman–Crippen MR) is 85.6 cm³/mol. The van der Waals surface area contributed by atoms with Gasteiger partial charge in [0.25, 0.3) is 0 Å². The summed E-state index contributed by atoms with van der Waals surface area (Å²) in [7, 11) is 0. The highest BCUT2D eigenvalue weighted by molar-refractivity contribution is 7.99. The molecule has 0 unspecified atom stereocenters. The Morgan fingerprint density at radius 3 is 2.83 bits per heavy atom. The molecule has 4 heteroatoms. The molecule has 1 heterocycles. The predicted octanol–water partition coefficient (Wildman–Crippen LogP) is 3.18. The zero-order valence-electron chi connectivity index (χ0n) is 10.7. The number of thioether (sulfide) groups is 1. The van der Waals surface area contributed by atoms with Gasteiger partial charge in [-0.05, 0) is 48.8 Å². The van der Waals surface area contributed by atoms with E-state index >= 15 is 0 Å². The molecular formula is C14H20N2S2. The summed E-state index contributed by atoms with van der Waals surface area (Å²) in [6.07, 6.45) is 2.62. The number of benzene rings is 1. The van der Waals surface area contributed by atoms with Crippen molar-refractivity contribution in [1.29, 1.82) is 0 Å². The summed E-state index contributed by atoms with van der Waals surface area (Å²) >= 11 is 7.18. The third-order valence-corrected chi connectivity index (χ3v) is 4.72. The van der Waals surface area contributed by atoms with Crippen molar-refractivity contribution in [3.63, 3.8) is 0 Å². The Morgan fingerprint density at radius 2 is 2.17 bits per heavy atom. The number of hydrogen-bond donors (Lipinski definition) is 2. The number of thiocarbonyl (C=S) groups is 1. The fourth-order valence-corrected chi connectivity index (χ4v) is 3.68. The van der Waals surface area contributed by atoms with Crippen LogP contribution in [0, 0.1) is 12.8 Å². The number of rotatable bonds is 4. The van der Waals surface area contributed by atoms with Crippen molar-refractivity contribution >= 4 is 34.7 Å². The molecule has 3 N–H and O–H groups in total. The van der Waals surface area contributed by atoms with E-state index in [4.69, 9.17) is 18.0 Å². The van der Waals surface area contributed by atoms with Gasteiger partial charge < -0.3 is 11.1 Å². The standard InChI is InChI=1S/C14H20N2S2/c1-10-3-2-4-12(14(15)17)13(10)16-9-11-5-7-18-8-6-11/h2-4,11,16H,5-9H2,1H3,(H2,15,17). The minimum atomic E-state index is 0.473. The average Bonchev–Trinajstić information content (AvgIpc) is 2.38. The summed E-state index contributed by atoms with van der Waals surface area (Å²) < 4.78 is 0. The molecule has 1 saturated heterocycles. The van der Waals surface area contributed by atoms with Gasteiger partial charge in [-0.15, -0.1) is 0 Å². The Hall–Kier alpha value is -0.740. The third kappa shape index (κ3) is 3.39. The summed E-state index contributed by atoms with van der Waals surface area (Å²) in [5.74, 6) is 3.37. The van der Waals surface area contributed by atoms with Gasteiger partial charge in [-0.2, -0.15) is 11.8 Å². The Bertz CT molecular complexity index is 426. The SMILES string of the molecule is Cc1cccc(C(N)=S)c1NCC1CCSCC1. The Balaban J connectivity index is 2.05. The van der Waals surface area contributed by atoms with E-state index in [2.05, 4.69) is 30.1 Å². The zero-order valence-corrected chi connectivity index (χ0v) is 12.4. The third-order valence-electron chi connectivity index (χ3n) is 3.45. The molecule has 0 amide bonds. The quantitative estimate of drug-likeness (QED) is 0.831. The van der Waals surface area contributed by atoms with Crippen LogP contribution in [0.3, 0.4) is 0 Å². The molecule has 0 saturated carbocycles. The van der Waals surface area contributed by atoms with Crippen LogP contribution in [-0.2, 0) is 0 Å². The number of nitrogens with one attached hydrogen (secondary N) is 1. The molecular weight excluding hydrogens is 260 g/mol. The van der Waals surface area contributed by atoms with Gasteiger partial charge in [-0.1, -0.05) is 24.4 Å². The minimum absolute atomic E-state index is 0.473. The first kappa shape index (κ1) is 13.7. The van der Waals surface area contributed by atoms with Crippen LogP contribution in [0.2, 0.25) is 0 Å². The minimum Gasteiger partial charge on any atom is -0.389 e. The van der Waals surface area contributed by atoms with Crippen LogP contribution in [0.4, 0.5) is 5.69 Å². The molecule has 1 aromatic rings. The van der Waals surface area contributed by atoms with Crippen LogP contribution < -0.4 is 11.1 Å². The lowest BCUT2D eigenvalue weighted by Gasteiger charge is -2.23. The van der Waals surface area contributed by atoms with Gasteiger partial charge in [0, 0.05) is 17.8 Å². The van der Waals surface area contributed by atoms with E-state index in [1.165, 1.54) is 29.9 Å². The molecule has 1 aliphatic rings. The van der Waals surface area contributed by atoms with Crippen molar-refractivity contribution in [2.75, 3.05) is 23.4 Å². The normalized spacial score (nSPS) is 16.5. The monoisotopic (exact) mass is 280 g/mol. The highest BCUT2D eigenvalue weighted by Crippen LogP contribution is 2.25. The molecule has 98 valence electrons. The van der Waals surface area contributed by atoms with Gasteiger partial charge in [-0.25, -0.2) is 0 Å². The largest absolute Gasteiger partial charge is 0.389 e. The van der Waals surface area contributed by atoms with E-state index in [1.807, 2.05) is 12.1 Å². The maximum Gasteiger partial charge on any atom is 0.106 e. The lowest BCUT2D eigenvalue weighted by atomic mass is 10.0. The number of anilines is 1. The van der Waals surface area contributed by atoms with Crippen molar-refractivity contribution < 1.29 is 0 Å². The van der Waals surface area contributed by atoms with Crippen LogP contribution in [0.1, 0.15) is 24.0 Å². The van der Waals surface area contributed by atoms with E-state index in [9.17, 15) is 0 Å². The van der Waals surface area contributed by atoms with Crippen LogP contribution in [-0.4, -0.2) is 23.0 Å². The van der Waals surface area contributed by atoms with Gasteiger partial charge in [-0.3, -0.25) is 0 Å². The molecule has 0 spiro atoms. The smallest absolute Gasteiger partial charge is 0.106 e. The topological polar surface area (TPSA) is 38.0 Å². The summed E-state index contributed by atoms with van der Waals surface area (Å²) in [6.45, 7) is 3.13. The molecule has 0 aromatic heterocycles. The molecule has 0 bridgehead atoms. The molecule has 0 atom stereocenters. The van der Waals surface area contributed by atoms with Gasteiger partial charge in [0.05, 0.1) is 0 Å². The van der Waals surface area contributed by atoms with Crippen LogP contribution >= 0.6 is 24.0 Å². The van der Waals surface area contributed by atoms with Crippen LogP contribution in [0.25, 0.3) is 0 Å². The van der Waals surface area contributed by atoms with Crippen molar-refractivity contribution in [2.24, 2.45) is 11.7 Å². The second kappa shape index (κ2) is 6.43. The Labute approximate surface area is 119 Å². The summed E-state index contributed by atoms with van der Waals surface area (Å²) in [6, 6.07) is 6.10. The first-order chi connectivity index (χ1) is 8.68. The van der Waals surface area contributed by atoms with Gasteiger partial charge >= 0.3 is 0 Å². The van der Waals surface area contributed by atoms with E-state index in [0.717, 1.165) is 23.7 Å². The number of para-hydroxylation sites is 1. The van der Waals surface area contributed by atoms with Crippen LogP contribution in [0.5, 0.6) is 0 Å². The van der Waals surface area contributed by atoms with Gasteiger partial charge in [0.1, 0.15) is 4.99 Å².